The summed E-state index contributed by atoms with van der Waals surface area (Å²) in [7, 11) is 0. The summed E-state index contributed by atoms with van der Waals surface area (Å²) in [4.78, 5) is 36.1. The van der Waals surface area contributed by atoms with E-state index in [1.807, 2.05) is 17.9 Å². The molecule has 29 heavy (non-hydrogen) atoms. The van der Waals surface area contributed by atoms with Crippen molar-refractivity contribution in [3.63, 3.8) is 0 Å². The van der Waals surface area contributed by atoms with E-state index in [-0.39, 0.29) is 29.9 Å². The molecule has 10 heteroatoms. The second-order valence-corrected chi connectivity index (χ2v) is 7.46. The number of nitrogens with zero attached hydrogens (tertiary/aromatic N) is 3. The Labute approximate surface area is 172 Å². The van der Waals surface area contributed by atoms with Gasteiger partial charge in [-0.05, 0) is 24.6 Å². The molecule has 4 N–H and O–H groups in total. The number of carbonyl (C=O) groups excluding carboxylic acids is 2. The second kappa shape index (κ2) is 7.84. The summed E-state index contributed by atoms with van der Waals surface area (Å²) in [6.07, 6.45) is -0.0388. The SMILES string of the molecule is Cc1ccc(Cl)cc1NC(=O)C1CC(=O)Nc2nc(N3CCOCC3)nc(N)c21. The highest BCUT2D eigenvalue weighted by molar-refractivity contribution is 6.31. The van der Waals surface area contributed by atoms with E-state index in [1.165, 1.54) is 0 Å². The predicted octanol–water partition coefficient (Wildman–Crippen LogP) is 1.92. The number of ether oxygens (including phenoxy) is 1. The van der Waals surface area contributed by atoms with Gasteiger partial charge in [-0.2, -0.15) is 9.97 Å². The molecule has 1 fully saturated rings. The van der Waals surface area contributed by atoms with Crippen molar-refractivity contribution >= 4 is 46.7 Å². The summed E-state index contributed by atoms with van der Waals surface area (Å²) in [5.74, 6) is -0.586. The molecule has 0 saturated carbocycles. The zero-order valence-electron chi connectivity index (χ0n) is 15.9. The van der Waals surface area contributed by atoms with E-state index in [0.29, 0.717) is 48.5 Å². The van der Waals surface area contributed by atoms with Gasteiger partial charge in [-0.3, -0.25) is 9.59 Å². The van der Waals surface area contributed by atoms with E-state index in [2.05, 4.69) is 20.6 Å². The minimum Gasteiger partial charge on any atom is -0.383 e. The number of aromatic nitrogens is 2. The molecule has 1 aromatic heterocycles. The van der Waals surface area contributed by atoms with Gasteiger partial charge in [-0.15, -0.1) is 0 Å². The van der Waals surface area contributed by atoms with Crippen LogP contribution in [0, 0.1) is 6.92 Å². The van der Waals surface area contributed by atoms with E-state index >= 15 is 0 Å². The Balaban J connectivity index is 1.65. The van der Waals surface area contributed by atoms with Crippen LogP contribution in [0.25, 0.3) is 0 Å². The molecule has 152 valence electrons. The number of rotatable bonds is 3. The Bertz CT molecular complexity index is 977. The van der Waals surface area contributed by atoms with Crippen LogP contribution in [-0.4, -0.2) is 48.1 Å². The number of aryl methyl sites for hydroxylation is 1. The molecule has 2 aliphatic heterocycles. The molecule has 1 aromatic carbocycles. The largest absolute Gasteiger partial charge is 0.383 e. The van der Waals surface area contributed by atoms with Gasteiger partial charge in [0.1, 0.15) is 11.6 Å². The van der Waals surface area contributed by atoms with Crippen LogP contribution >= 0.6 is 11.6 Å². The van der Waals surface area contributed by atoms with Gasteiger partial charge in [0.05, 0.1) is 24.7 Å². The predicted molar refractivity (Wildman–Crippen MR) is 110 cm³/mol. The van der Waals surface area contributed by atoms with Crippen LogP contribution in [0.2, 0.25) is 5.02 Å². The third kappa shape index (κ3) is 3.96. The number of hydrogen-bond acceptors (Lipinski definition) is 7. The van der Waals surface area contributed by atoms with E-state index in [0.717, 1.165) is 5.56 Å². The van der Waals surface area contributed by atoms with E-state index < -0.39 is 5.92 Å². The van der Waals surface area contributed by atoms with E-state index in [9.17, 15) is 9.59 Å². The fourth-order valence-electron chi connectivity index (χ4n) is 3.46. The Hall–Kier alpha value is -2.91. The van der Waals surface area contributed by atoms with Crippen LogP contribution in [0.15, 0.2) is 18.2 Å². The molecule has 1 saturated heterocycles. The van der Waals surface area contributed by atoms with Gasteiger partial charge >= 0.3 is 0 Å². The van der Waals surface area contributed by atoms with Crippen LogP contribution in [0.4, 0.5) is 23.3 Å². The second-order valence-electron chi connectivity index (χ2n) is 7.02. The molecule has 2 aliphatic rings. The lowest BCUT2D eigenvalue weighted by molar-refractivity contribution is -0.123. The number of fused-ring (bicyclic) bond motifs is 1. The normalized spacial score (nSPS) is 18.8. The molecule has 9 nitrogen and oxygen atoms in total. The molecule has 2 aromatic rings. The van der Waals surface area contributed by atoms with Crippen LogP contribution < -0.4 is 21.3 Å². The minimum atomic E-state index is -0.795. The highest BCUT2D eigenvalue weighted by Gasteiger charge is 2.35. The lowest BCUT2D eigenvalue weighted by Crippen LogP contribution is -2.38. The smallest absolute Gasteiger partial charge is 0.232 e. The highest BCUT2D eigenvalue weighted by atomic mass is 35.5. The summed E-state index contributed by atoms with van der Waals surface area (Å²) >= 11 is 6.04. The number of nitrogens with two attached hydrogens (primary N) is 1. The molecule has 2 amide bonds. The molecule has 0 spiro atoms. The van der Waals surface area contributed by atoms with Crippen molar-refractivity contribution < 1.29 is 14.3 Å². The van der Waals surface area contributed by atoms with Crippen molar-refractivity contribution in [1.82, 2.24) is 9.97 Å². The first-order valence-electron chi connectivity index (χ1n) is 9.29. The molecular weight excluding hydrogens is 396 g/mol. The fraction of sp³-hybridized carbons (Fsp3) is 0.368. The maximum atomic E-state index is 13.0. The van der Waals surface area contributed by atoms with Crippen LogP contribution in [0.3, 0.4) is 0 Å². The zero-order chi connectivity index (χ0) is 20.5. The summed E-state index contributed by atoms with van der Waals surface area (Å²) in [6, 6.07) is 5.22. The topological polar surface area (TPSA) is 122 Å². The maximum Gasteiger partial charge on any atom is 0.232 e. The number of benzene rings is 1. The van der Waals surface area contributed by atoms with Gasteiger partial charge in [0.25, 0.3) is 0 Å². The number of amides is 2. The zero-order valence-corrected chi connectivity index (χ0v) is 16.6. The van der Waals surface area contributed by atoms with Gasteiger partial charge in [-0.25, -0.2) is 0 Å². The van der Waals surface area contributed by atoms with Gasteiger partial charge in [0, 0.05) is 30.2 Å². The minimum absolute atomic E-state index is 0.0388. The first kappa shape index (κ1) is 19.4. The fourth-order valence-corrected chi connectivity index (χ4v) is 3.63. The number of anilines is 4. The molecule has 4 rings (SSSR count). The number of morpholine rings is 1. The third-order valence-corrected chi connectivity index (χ3v) is 5.26. The lowest BCUT2D eigenvalue weighted by atomic mass is 9.91. The average molecular weight is 417 g/mol. The van der Waals surface area contributed by atoms with Crippen molar-refractivity contribution in [2.75, 3.05) is 47.6 Å². The quantitative estimate of drug-likeness (QED) is 0.698. The average Bonchev–Trinajstić information content (AvgIpc) is 2.70. The summed E-state index contributed by atoms with van der Waals surface area (Å²) in [5, 5.41) is 6.07. The van der Waals surface area contributed by atoms with Crippen molar-refractivity contribution in [2.24, 2.45) is 0 Å². The monoisotopic (exact) mass is 416 g/mol. The first-order valence-corrected chi connectivity index (χ1v) is 9.67. The lowest BCUT2D eigenvalue weighted by Gasteiger charge is -2.30. The number of halogens is 1. The van der Waals surface area contributed by atoms with Crippen molar-refractivity contribution in [3.05, 3.63) is 34.3 Å². The summed E-state index contributed by atoms with van der Waals surface area (Å²) in [5.41, 5.74) is 8.08. The Morgan fingerprint density at radius 1 is 1.34 bits per heavy atom. The van der Waals surface area contributed by atoms with Crippen LogP contribution in [0.5, 0.6) is 0 Å². The summed E-state index contributed by atoms with van der Waals surface area (Å²) in [6.45, 7) is 4.25. The molecule has 3 heterocycles. The Morgan fingerprint density at radius 2 is 2.10 bits per heavy atom. The molecule has 1 unspecified atom stereocenters. The number of carbonyl (C=O) groups is 2. The number of nitrogen functional groups attached to an aromatic ring is 1. The van der Waals surface area contributed by atoms with Crippen LogP contribution in [-0.2, 0) is 14.3 Å². The molecule has 0 bridgehead atoms. The van der Waals surface area contributed by atoms with Crippen molar-refractivity contribution in [3.8, 4) is 0 Å². The molecule has 0 aliphatic carbocycles. The van der Waals surface area contributed by atoms with Gasteiger partial charge in [0.15, 0.2) is 0 Å². The third-order valence-electron chi connectivity index (χ3n) is 5.03. The standard InChI is InChI=1S/C19H21ClN6O3/c1-10-2-3-11(20)8-13(10)22-18(28)12-9-14(27)23-17-15(12)16(21)24-19(25-17)26-4-6-29-7-5-26/h2-3,8,12H,4-7,9H2,1H3,(H,22,28)(H3,21,23,24,25,27). The van der Waals surface area contributed by atoms with Gasteiger partial charge in [0.2, 0.25) is 17.8 Å². The number of hydrogen-bond donors (Lipinski definition) is 3. The van der Waals surface area contributed by atoms with Crippen molar-refractivity contribution in [2.45, 2.75) is 19.3 Å². The molecular formula is C19H21ClN6O3. The van der Waals surface area contributed by atoms with Crippen molar-refractivity contribution in [1.29, 1.82) is 0 Å². The highest BCUT2D eigenvalue weighted by Crippen LogP contribution is 2.37. The Morgan fingerprint density at radius 3 is 2.86 bits per heavy atom. The molecule has 0 radical (unpaired) electrons. The number of nitrogens with one attached hydrogen (secondary N) is 2. The van der Waals surface area contributed by atoms with E-state index in [1.54, 1.807) is 12.1 Å². The summed E-state index contributed by atoms with van der Waals surface area (Å²) < 4.78 is 5.34. The van der Waals surface area contributed by atoms with Crippen LogP contribution in [0.1, 0.15) is 23.5 Å². The van der Waals surface area contributed by atoms with Gasteiger partial charge in [-0.1, -0.05) is 17.7 Å². The molecule has 1 atom stereocenters. The Kier molecular flexibility index (Phi) is 5.25. The first-order chi connectivity index (χ1) is 13.9. The van der Waals surface area contributed by atoms with E-state index in [4.69, 9.17) is 22.1 Å². The van der Waals surface area contributed by atoms with Gasteiger partial charge < -0.3 is 26.0 Å². The maximum absolute atomic E-state index is 13.0.